The number of para-hydroxylation sites is 11. The summed E-state index contributed by atoms with van der Waals surface area (Å²) in [5, 5.41) is 0. The van der Waals surface area contributed by atoms with Gasteiger partial charge in [0, 0.05) is 83.5 Å². The lowest BCUT2D eigenvalue weighted by molar-refractivity contribution is 0.00578. The van der Waals surface area contributed by atoms with Crippen molar-refractivity contribution in [3.63, 3.8) is 0 Å². The molecule has 16 heteroatoms. The number of hydrogen-bond acceptors (Lipinski definition) is 11. The smallest absolute Gasteiger partial charge is 0.399 e. The lowest BCUT2D eigenvalue weighted by atomic mass is 9.79. The van der Waals surface area contributed by atoms with Gasteiger partial charge in [-0.05, 0) is 276 Å². The Hall–Kier alpha value is -15.0. The van der Waals surface area contributed by atoms with Gasteiger partial charge >= 0.3 is 7.12 Å². The summed E-state index contributed by atoms with van der Waals surface area (Å²) in [6.07, 6.45) is 8.24. The maximum atomic E-state index is 6.19. The van der Waals surface area contributed by atoms with Crippen molar-refractivity contribution < 1.29 is 9.31 Å². The van der Waals surface area contributed by atoms with Crippen molar-refractivity contribution in [2.75, 3.05) is 15.5 Å². The number of fused-ring (bicyclic) bond motifs is 2. The largest absolute Gasteiger partial charge is 0.494 e. The minimum atomic E-state index is -0.364. The molecule has 0 atom stereocenters. The Morgan fingerprint density at radius 3 is 0.942 bits per heavy atom. The molecule has 4 aromatic heterocycles. The molecule has 1 aliphatic heterocycles. The first-order valence-corrected chi connectivity index (χ1v) is 47.7. The van der Waals surface area contributed by atoms with Crippen molar-refractivity contribution in [1.82, 2.24) is 39.0 Å². The molecule has 1 saturated heterocycles. The van der Waals surface area contributed by atoms with Crippen LogP contribution in [0.4, 0.5) is 39.8 Å². The third-order valence-corrected chi connectivity index (χ3v) is 26.3. The van der Waals surface area contributed by atoms with E-state index in [0.717, 1.165) is 140 Å². The van der Waals surface area contributed by atoms with Gasteiger partial charge in [0.25, 0.3) is 0 Å². The van der Waals surface area contributed by atoms with Crippen LogP contribution in [-0.4, -0.2) is 57.4 Å². The SMILES string of the molecule is CC1(C)OB(c2ccc(-c3nc4ccccc4n3-c3ccccc3)cc2)OC1(C)C.Cc1ccccc1Br.Cc1ccccc1Cc1ccccc1C.Cc1ccccc1N.Cc1ccccc1N(c1ccc(-c2cnc(-c3ccc(-c4nc5ccccc5n4-c4ccccc4)cc3)cn2)cc1)c1ccccc1C.Cc1ccccc1N(c1ccc(-c2cnc(Br)cn2)cc1)c1ccccc1C. The highest BCUT2D eigenvalue weighted by molar-refractivity contribution is 9.10. The summed E-state index contributed by atoms with van der Waals surface area (Å²) in [6.45, 7) is 25.3. The van der Waals surface area contributed by atoms with E-state index in [1.54, 1.807) is 12.4 Å². The highest BCUT2D eigenvalue weighted by Crippen LogP contribution is 2.43. The molecule has 0 saturated carbocycles. The monoisotopic (exact) mass is 1920 g/mol. The number of aryl methyl sites for hydroxylation is 8. The van der Waals surface area contributed by atoms with E-state index < -0.39 is 0 Å². The zero-order valence-electron chi connectivity index (χ0n) is 79.3. The molecule has 1 aliphatic rings. The topological polar surface area (TPSA) is 138 Å². The Morgan fingerprint density at radius 1 is 0.299 bits per heavy atom. The third kappa shape index (κ3) is 22.8. The van der Waals surface area contributed by atoms with E-state index >= 15 is 0 Å². The molecule has 0 bridgehead atoms. The van der Waals surface area contributed by atoms with Gasteiger partial charge in [-0.15, -0.1) is 0 Å². The third-order valence-electron chi connectivity index (χ3n) is 25.0. The second kappa shape index (κ2) is 44.0. The Bertz CT molecular complexity index is 7210. The second-order valence-corrected chi connectivity index (χ2v) is 36.7. The van der Waals surface area contributed by atoms with Crippen molar-refractivity contribution in [2.45, 2.75) is 101 Å². The lowest BCUT2D eigenvalue weighted by Crippen LogP contribution is -2.41. The van der Waals surface area contributed by atoms with Gasteiger partial charge in [0.2, 0.25) is 0 Å². The Balaban J connectivity index is 0.000000132. The summed E-state index contributed by atoms with van der Waals surface area (Å²) in [4.78, 5) is 32.9. The number of nitrogens with two attached hydrogens (primary N) is 1. The average molecular weight is 1920 g/mol. The number of aromatic nitrogens is 8. The molecule has 0 aliphatic carbocycles. The van der Waals surface area contributed by atoms with Gasteiger partial charge in [-0.25, -0.2) is 15.0 Å². The lowest BCUT2D eigenvalue weighted by Gasteiger charge is -2.32. The normalized spacial score (nSPS) is 12.1. The summed E-state index contributed by atoms with van der Waals surface area (Å²) >= 11 is 6.73. The molecule has 21 rings (SSSR count). The Labute approximate surface area is 822 Å². The zero-order chi connectivity index (χ0) is 95.5. The minimum Gasteiger partial charge on any atom is -0.399 e. The summed E-state index contributed by atoms with van der Waals surface area (Å²) in [7, 11) is -0.364. The van der Waals surface area contributed by atoms with E-state index in [4.69, 9.17) is 35.0 Å². The summed E-state index contributed by atoms with van der Waals surface area (Å²) in [6, 6.07) is 138. The predicted molar refractivity (Wildman–Crippen MR) is 578 cm³/mol. The van der Waals surface area contributed by atoms with Crippen LogP contribution in [0.15, 0.2) is 434 Å². The fourth-order valence-electron chi connectivity index (χ4n) is 16.4. The number of imidazole rings is 2. The van der Waals surface area contributed by atoms with Crippen LogP contribution in [0.5, 0.6) is 0 Å². The van der Waals surface area contributed by atoms with Crippen LogP contribution in [0.3, 0.4) is 0 Å². The molecule has 5 heterocycles. The molecule has 13 nitrogen and oxygen atoms in total. The standard InChI is InChI=1S/C43H33N5.C25H25BN2O2.C24H20BrN3.C15H16.C7H7Br.C7H9N/c1-30-12-6-9-17-40(30)47(41-18-10-7-13-31(41)2)36-26-24-33(25-27-36)39-29-44-38(28-45-39)32-20-22-34(23-21-32)43-46-37-16-8-11-19-42(37)48(43)35-14-4-3-5-15-35;1-24(2)25(3,4)30-26(29-24)19-16-14-18(15-17-19)23-27-21-12-8-9-13-22(21)28(23)20-10-6-5-7-11-20;1-17-7-3-5-9-22(17)28(23-10-6-4-8-18(23)2)20-13-11-19(12-14-20)21-15-27-24(25)16-26-21;1-12-7-3-5-9-14(12)11-15-10-6-4-8-13(15)2;2*1-6-4-2-3-5-7(6)8/h3-29H,1-2H3;5-17H,1-4H3;3-16H,1-2H3;3-10H,11H2,1-2H3;2-5H,1H3;2-5H,8H2,1H3. The fourth-order valence-corrected chi connectivity index (χ4v) is 16.8. The molecule has 137 heavy (non-hydrogen) atoms. The van der Waals surface area contributed by atoms with E-state index in [-0.39, 0.29) is 18.3 Å². The predicted octanol–water partition coefficient (Wildman–Crippen LogP) is 31.1. The second-order valence-electron chi connectivity index (χ2n) is 35.0. The van der Waals surface area contributed by atoms with Crippen molar-refractivity contribution in [1.29, 1.82) is 0 Å². The number of nitrogens with zero attached hydrogens (tertiary/aromatic N) is 10. The molecule has 16 aromatic carbocycles. The molecule has 0 unspecified atom stereocenters. The quantitative estimate of drug-likeness (QED) is 0.0731. The molecule has 0 amide bonds. The van der Waals surface area contributed by atoms with E-state index in [1.165, 1.54) is 65.9 Å². The minimum absolute atomic E-state index is 0.350. The highest BCUT2D eigenvalue weighted by Gasteiger charge is 2.51. The van der Waals surface area contributed by atoms with Crippen LogP contribution in [-0.2, 0) is 15.7 Å². The van der Waals surface area contributed by atoms with Crippen LogP contribution in [0.1, 0.15) is 83.3 Å². The molecular formula is C121H110BBr2N11O2. The molecule has 2 N–H and O–H groups in total. The van der Waals surface area contributed by atoms with Crippen molar-refractivity contribution in [3.8, 4) is 67.9 Å². The molecule has 20 aromatic rings. The Kier molecular flexibility index (Phi) is 30.5. The number of anilines is 7. The molecule has 0 spiro atoms. The number of nitrogen functional groups attached to an aromatic ring is 1. The van der Waals surface area contributed by atoms with Crippen LogP contribution in [0.2, 0.25) is 0 Å². The van der Waals surface area contributed by atoms with Crippen LogP contribution in [0.25, 0.3) is 90.0 Å². The van der Waals surface area contributed by atoms with Gasteiger partial charge in [0.1, 0.15) is 16.3 Å². The molecule has 678 valence electrons. The van der Waals surface area contributed by atoms with Gasteiger partial charge in [0.05, 0.1) is 75.1 Å². The van der Waals surface area contributed by atoms with E-state index in [1.807, 2.05) is 86.0 Å². The zero-order valence-corrected chi connectivity index (χ0v) is 82.5. The van der Waals surface area contributed by atoms with Crippen molar-refractivity contribution in [2.24, 2.45) is 0 Å². The van der Waals surface area contributed by atoms with Gasteiger partial charge < -0.3 is 24.8 Å². The van der Waals surface area contributed by atoms with Crippen LogP contribution >= 0.6 is 31.9 Å². The van der Waals surface area contributed by atoms with Crippen LogP contribution in [0, 0.1) is 55.4 Å². The average Bonchev–Trinajstić information content (AvgIpc) is 1.57. The summed E-state index contributed by atoms with van der Waals surface area (Å²) in [5.41, 5.74) is 40.4. The number of rotatable bonds is 16. The van der Waals surface area contributed by atoms with Gasteiger partial charge in [0.15, 0.2) is 0 Å². The number of benzene rings is 16. The van der Waals surface area contributed by atoms with Crippen molar-refractivity contribution >= 4 is 106 Å². The van der Waals surface area contributed by atoms with Crippen LogP contribution < -0.4 is 21.0 Å². The molecular weight excluding hydrogens is 1810 g/mol. The van der Waals surface area contributed by atoms with E-state index in [0.29, 0.717) is 0 Å². The number of hydrogen-bond donors (Lipinski definition) is 1. The van der Waals surface area contributed by atoms with Gasteiger partial charge in [-0.1, -0.05) is 307 Å². The first kappa shape index (κ1) is 95.1. The highest BCUT2D eigenvalue weighted by atomic mass is 79.9. The first-order valence-electron chi connectivity index (χ1n) is 46.1. The van der Waals surface area contributed by atoms with E-state index in [9.17, 15) is 0 Å². The maximum Gasteiger partial charge on any atom is 0.494 e. The van der Waals surface area contributed by atoms with Crippen molar-refractivity contribution in [3.05, 3.63) is 490 Å². The maximum absolute atomic E-state index is 6.19. The Morgan fingerprint density at radius 2 is 0.606 bits per heavy atom. The van der Waals surface area contributed by atoms with E-state index in [2.05, 4.69) is 471 Å². The fraction of sp³-hybridized carbons (Fsp3) is 0.124. The number of halogens is 2. The molecule has 0 radical (unpaired) electrons. The summed E-state index contributed by atoms with van der Waals surface area (Å²) in [5.74, 6) is 1.82. The van der Waals surface area contributed by atoms with Gasteiger partial charge in [-0.3, -0.25) is 24.1 Å². The molecule has 1 fully saturated rings. The van der Waals surface area contributed by atoms with Gasteiger partial charge in [-0.2, -0.15) is 0 Å². The first-order chi connectivity index (χ1) is 66.5. The summed E-state index contributed by atoms with van der Waals surface area (Å²) < 4.78 is 18.7.